The van der Waals surface area contributed by atoms with Crippen molar-refractivity contribution in [2.75, 3.05) is 39.6 Å². The Balaban J connectivity index is 2.59. The Hall–Kier alpha value is -1.29. The molecule has 0 heterocycles. The van der Waals surface area contributed by atoms with E-state index in [0.29, 0.717) is 18.0 Å². The molecule has 0 fully saturated rings. The number of halogens is 1. The van der Waals surface area contributed by atoms with Crippen LogP contribution in [-0.2, 0) is 0 Å². The lowest BCUT2D eigenvalue weighted by molar-refractivity contribution is 0.413. The molecule has 0 bridgehead atoms. The van der Waals surface area contributed by atoms with Crippen molar-refractivity contribution < 1.29 is 9.13 Å². The molecule has 0 aromatic heterocycles. The molecule has 1 rings (SSSR count). The van der Waals surface area contributed by atoms with Gasteiger partial charge in [0.1, 0.15) is 11.6 Å². The van der Waals surface area contributed by atoms with E-state index in [1.165, 1.54) is 6.07 Å². The number of methoxy groups -OCH3 is 1. The second kappa shape index (κ2) is 5.56. The smallest absolute Gasteiger partial charge is 0.146 e. The molecule has 0 saturated carbocycles. The molecule has 0 atom stereocenters. The highest BCUT2D eigenvalue weighted by Gasteiger charge is 2.02. The maximum atomic E-state index is 13.3. The lowest BCUT2D eigenvalue weighted by Gasteiger charge is -2.12. The maximum Gasteiger partial charge on any atom is 0.146 e. The zero-order valence-corrected chi connectivity index (χ0v) is 9.38. The summed E-state index contributed by atoms with van der Waals surface area (Å²) in [6, 6.07) is 4.66. The summed E-state index contributed by atoms with van der Waals surface area (Å²) in [4.78, 5) is 2.03. The van der Waals surface area contributed by atoms with Gasteiger partial charge < -0.3 is 15.0 Å². The van der Waals surface area contributed by atoms with Crippen molar-refractivity contribution in [2.45, 2.75) is 0 Å². The van der Waals surface area contributed by atoms with Gasteiger partial charge in [0.2, 0.25) is 0 Å². The van der Waals surface area contributed by atoms with Crippen LogP contribution in [0.1, 0.15) is 0 Å². The van der Waals surface area contributed by atoms with Gasteiger partial charge in [-0.3, -0.25) is 0 Å². The molecule has 15 heavy (non-hydrogen) atoms. The summed E-state index contributed by atoms with van der Waals surface area (Å²) in [5, 5.41) is 3.02. The van der Waals surface area contributed by atoms with Crippen LogP contribution in [0.15, 0.2) is 18.2 Å². The predicted octanol–water partition coefficient (Wildman–Crippen LogP) is 1.81. The van der Waals surface area contributed by atoms with Gasteiger partial charge in [-0.2, -0.15) is 0 Å². The SMILES string of the molecule is COc1ccc(F)c(NCCN(C)C)c1. The summed E-state index contributed by atoms with van der Waals surface area (Å²) in [6.07, 6.45) is 0. The van der Waals surface area contributed by atoms with Gasteiger partial charge in [-0.1, -0.05) is 0 Å². The standard InChI is InChI=1S/C11H17FN2O/c1-14(2)7-6-13-11-8-9(15-3)4-5-10(11)12/h4-5,8,13H,6-7H2,1-3H3. The first-order valence-corrected chi connectivity index (χ1v) is 4.85. The minimum atomic E-state index is -0.255. The molecular weight excluding hydrogens is 195 g/mol. The molecule has 0 spiro atoms. The van der Waals surface area contributed by atoms with E-state index in [-0.39, 0.29) is 5.82 Å². The third kappa shape index (κ3) is 3.75. The van der Waals surface area contributed by atoms with Crippen molar-refractivity contribution in [2.24, 2.45) is 0 Å². The number of anilines is 1. The van der Waals surface area contributed by atoms with Gasteiger partial charge in [-0.05, 0) is 26.2 Å². The van der Waals surface area contributed by atoms with Crippen LogP contribution < -0.4 is 10.1 Å². The Bertz CT molecular complexity index is 315. The molecule has 0 aliphatic carbocycles. The number of ether oxygens (including phenoxy) is 1. The zero-order valence-electron chi connectivity index (χ0n) is 9.38. The number of nitrogens with zero attached hydrogens (tertiary/aromatic N) is 1. The van der Waals surface area contributed by atoms with Crippen LogP contribution in [0.2, 0.25) is 0 Å². The topological polar surface area (TPSA) is 24.5 Å². The van der Waals surface area contributed by atoms with Crippen molar-refractivity contribution in [3.63, 3.8) is 0 Å². The molecule has 0 aliphatic rings. The van der Waals surface area contributed by atoms with E-state index >= 15 is 0 Å². The molecule has 0 amide bonds. The van der Waals surface area contributed by atoms with Gasteiger partial charge in [-0.25, -0.2) is 4.39 Å². The van der Waals surface area contributed by atoms with E-state index in [2.05, 4.69) is 5.32 Å². The van der Waals surface area contributed by atoms with Crippen LogP contribution in [0.4, 0.5) is 10.1 Å². The number of likely N-dealkylation sites (N-methyl/N-ethyl adjacent to an activating group) is 1. The average molecular weight is 212 g/mol. The minimum absolute atomic E-state index is 0.255. The van der Waals surface area contributed by atoms with Crippen LogP contribution in [-0.4, -0.2) is 39.2 Å². The highest BCUT2D eigenvalue weighted by atomic mass is 19.1. The fraction of sp³-hybridized carbons (Fsp3) is 0.455. The highest BCUT2D eigenvalue weighted by Crippen LogP contribution is 2.20. The summed E-state index contributed by atoms with van der Waals surface area (Å²) in [7, 11) is 5.52. The van der Waals surface area contributed by atoms with Crippen LogP contribution in [0.25, 0.3) is 0 Å². The van der Waals surface area contributed by atoms with E-state index in [0.717, 1.165) is 6.54 Å². The Morgan fingerprint density at radius 1 is 1.40 bits per heavy atom. The van der Waals surface area contributed by atoms with Crippen LogP contribution >= 0.6 is 0 Å². The average Bonchev–Trinajstić information content (AvgIpc) is 2.20. The van der Waals surface area contributed by atoms with Crippen molar-refractivity contribution in [1.29, 1.82) is 0 Å². The molecule has 0 aliphatic heterocycles. The molecule has 0 radical (unpaired) electrons. The monoisotopic (exact) mass is 212 g/mol. The first-order chi connectivity index (χ1) is 7.13. The molecule has 84 valence electrons. The molecule has 3 nitrogen and oxygen atoms in total. The van der Waals surface area contributed by atoms with Crippen molar-refractivity contribution >= 4 is 5.69 Å². The minimum Gasteiger partial charge on any atom is -0.497 e. The van der Waals surface area contributed by atoms with Gasteiger partial charge >= 0.3 is 0 Å². The lowest BCUT2D eigenvalue weighted by Crippen LogP contribution is -2.21. The lowest BCUT2D eigenvalue weighted by atomic mass is 10.3. The third-order valence-electron chi connectivity index (χ3n) is 2.05. The summed E-state index contributed by atoms with van der Waals surface area (Å²) in [5.74, 6) is 0.401. The number of hydrogen-bond donors (Lipinski definition) is 1. The first-order valence-electron chi connectivity index (χ1n) is 4.85. The number of benzene rings is 1. The van der Waals surface area contributed by atoms with Gasteiger partial charge in [0.25, 0.3) is 0 Å². The summed E-state index contributed by atoms with van der Waals surface area (Å²) in [5.41, 5.74) is 0.483. The molecule has 1 N–H and O–H groups in total. The quantitative estimate of drug-likeness (QED) is 0.805. The maximum absolute atomic E-state index is 13.3. The van der Waals surface area contributed by atoms with Crippen LogP contribution in [0.3, 0.4) is 0 Å². The second-order valence-corrected chi connectivity index (χ2v) is 3.58. The van der Waals surface area contributed by atoms with E-state index in [4.69, 9.17) is 4.74 Å². The Kier molecular flexibility index (Phi) is 4.37. The van der Waals surface area contributed by atoms with Gasteiger partial charge in [0.05, 0.1) is 12.8 Å². The summed E-state index contributed by atoms with van der Waals surface area (Å²) >= 11 is 0. The molecule has 1 aromatic rings. The zero-order chi connectivity index (χ0) is 11.3. The van der Waals surface area contributed by atoms with Gasteiger partial charge in [0.15, 0.2) is 0 Å². The third-order valence-corrected chi connectivity index (χ3v) is 2.05. The second-order valence-electron chi connectivity index (χ2n) is 3.58. The number of nitrogens with one attached hydrogen (secondary N) is 1. The Morgan fingerprint density at radius 2 is 2.13 bits per heavy atom. The van der Waals surface area contributed by atoms with E-state index in [1.54, 1.807) is 19.2 Å². The molecule has 4 heteroatoms. The van der Waals surface area contributed by atoms with E-state index < -0.39 is 0 Å². The van der Waals surface area contributed by atoms with Crippen molar-refractivity contribution in [1.82, 2.24) is 4.90 Å². The van der Waals surface area contributed by atoms with E-state index in [9.17, 15) is 4.39 Å². The molecule has 1 aromatic carbocycles. The van der Waals surface area contributed by atoms with Crippen LogP contribution in [0, 0.1) is 5.82 Å². The summed E-state index contributed by atoms with van der Waals surface area (Å²) < 4.78 is 18.3. The van der Waals surface area contributed by atoms with Gasteiger partial charge in [0, 0.05) is 19.2 Å². The highest BCUT2D eigenvalue weighted by molar-refractivity contribution is 5.49. The molecule has 0 unspecified atom stereocenters. The Labute approximate surface area is 89.8 Å². The predicted molar refractivity (Wildman–Crippen MR) is 60.0 cm³/mol. The largest absolute Gasteiger partial charge is 0.497 e. The summed E-state index contributed by atoms with van der Waals surface area (Å²) in [6.45, 7) is 1.56. The van der Waals surface area contributed by atoms with Crippen molar-refractivity contribution in [3.05, 3.63) is 24.0 Å². The Morgan fingerprint density at radius 3 is 2.73 bits per heavy atom. The normalized spacial score (nSPS) is 10.5. The first kappa shape index (κ1) is 11.8. The fourth-order valence-electron chi connectivity index (χ4n) is 1.18. The van der Waals surface area contributed by atoms with Crippen molar-refractivity contribution in [3.8, 4) is 5.75 Å². The number of hydrogen-bond acceptors (Lipinski definition) is 3. The fourth-order valence-corrected chi connectivity index (χ4v) is 1.18. The van der Waals surface area contributed by atoms with Gasteiger partial charge in [-0.15, -0.1) is 0 Å². The molecule has 0 saturated heterocycles. The van der Waals surface area contributed by atoms with Crippen LogP contribution in [0.5, 0.6) is 5.75 Å². The molecular formula is C11H17FN2O. The number of rotatable bonds is 5. The van der Waals surface area contributed by atoms with E-state index in [1.807, 2.05) is 19.0 Å².